The van der Waals surface area contributed by atoms with Crippen molar-refractivity contribution in [3.63, 3.8) is 0 Å². The third-order valence-electron chi connectivity index (χ3n) is 6.12. The highest BCUT2D eigenvalue weighted by Gasteiger charge is 2.37. The number of nitrogens with one attached hydrogen (secondary N) is 1. The highest BCUT2D eigenvalue weighted by atomic mass is 32.1. The van der Waals surface area contributed by atoms with Crippen molar-refractivity contribution in [2.45, 2.75) is 13.1 Å². The molecular formula is C24H20F3N5O5S. The van der Waals surface area contributed by atoms with Crippen LogP contribution in [0.3, 0.4) is 0 Å². The number of piperazine rings is 1. The molecule has 2 aromatic carbocycles. The van der Waals surface area contributed by atoms with Crippen molar-refractivity contribution in [3.8, 4) is 0 Å². The van der Waals surface area contributed by atoms with Crippen molar-refractivity contribution < 1.29 is 32.5 Å². The number of benzene rings is 2. The van der Waals surface area contributed by atoms with E-state index in [1.54, 1.807) is 4.90 Å². The molecule has 2 aliphatic rings. The van der Waals surface area contributed by atoms with Crippen LogP contribution in [0.25, 0.3) is 6.08 Å². The van der Waals surface area contributed by atoms with Gasteiger partial charge in [0.2, 0.25) is 5.91 Å². The Labute approximate surface area is 219 Å². The molecule has 4 rings (SSSR count). The Kier molecular flexibility index (Phi) is 7.18. The fourth-order valence-corrected chi connectivity index (χ4v) is 4.47. The molecule has 2 aromatic rings. The Balaban J connectivity index is 1.75. The van der Waals surface area contributed by atoms with E-state index in [9.17, 15) is 37.7 Å². The van der Waals surface area contributed by atoms with Gasteiger partial charge in [-0.3, -0.25) is 34.7 Å². The van der Waals surface area contributed by atoms with Crippen molar-refractivity contribution in [2.24, 2.45) is 0 Å². The zero-order valence-corrected chi connectivity index (χ0v) is 20.6. The molecule has 38 heavy (non-hydrogen) atoms. The predicted octanol–water partition coefficient (Wildman–Crippen LogP) is 3.11. The summed E-state index contributed by atoms with van der Waals surface area (Å²) in [5, 5.41) is 13.3. The third-order valence-corrected chi connectivity index (χ3v) is 6.41. The fraction of sp³-hybridized carbons (Fsp3) is 0.250. The largest absolute Gasteiger partial charge is 0.416 e. The normalized spacial score (nSPS) is 17.6. The lowest BCUT2D eigenvalue weighted by molar-refractivity contribution is -0.384. The lowest BCUT2D eigenvalue weighted by Crippen LogP contribution is -2.54. The maximum absolute atomic E-state index is 13.4. The molecule has 0 atom stereocenters. The van der Waals surface area contributed by atoms with E-state index in [-0.39, 0.29) is 22.8 Å². The first-order chi connectivity index (χ1) is 17.9. The summed E-state index contributed by atoms with van der Waals surface area (Å²) in [6.07, 6.45) is -3.53. The SMILES string of the molecule is CC(=O)N1CCN(c2ccc([N+](=O)[O-])cc2/C=C2/C(=O)NC(=S)N(c3cccc(C(F)(F)F)c3)C2=O)CC1. The van der Waals surface area contributed by atoms with Crippen molar-refractivity contribution in [1.29, 1.82) is 0 Å². The maximum atomic E-state index is 13.4. The van der Waals surface area contributed by atoms with E-state index >= 15 is 0 Å². The second-order valence-electron chi connectivity index (χ2n) is 8.50. The van der Waals surface area contributed by atoms with Crippen LogP contribution in [0.15, 0.2) is 48.0 Å². The van der Waals surface area contributed by atoms with Gasteiger partial charge in [0.1, 0.15) is 5.57 Å². The van der Waals surface area contributed by atoms with Crippen LogP contribution in [0, 0.1) is 10.1 Å². The van der Waals surface area contributed by atoms with Crippen LogP contribution in [0.5, 0.6) is 0 Å². The molecule has 2 heterocycles. The summed E-state index contributed by atoms with van der Waals surface area (Å²) in [5.41, 5.74) is -1.34. The van der Waals surface area contributed by atoms with Gasteiger partial charge < -0.3 is 9.80 Å². The third kappa shape index (κ3) is 5.34. The molecular weight excluding hydrogens is 527 g/mol. The summed E-state index contributed by atoms with van der Waals surface area (Å²) in [5.74, 6) is -1.98. The molecule has 0 spiro atoms. The molecule has 14 heteroatoms. The number of carbonyl (C=O) groups is 3. The average Bonchev–Trinajstić information content (AvgIpc) is 2.86. The number of nitrogens with zero attached hydrogens (tertiary/aromatic N) is 4. The molecule has 0 bridgehead atoms. The molecule has 0 saturated carbocycles. The zero-order chi connectivity index (χ0) is 27.8. The van der Waals surface area contributed by atoms with Crippen LogP contribution in [0.2, 0.25) is 0 Å². The van der Waals surface area contributed by atoms with Crippen LogP contribution in [0.4, 0.5) is 30.2 Å². The summed E-state index contributed by atoms with van der Waals surface area (Å²) in [6, 6.07) is 7.86. The molecule has 2 saturated heterocycles. The first kappa shape index (κ1) is 26.7. The number of anilines is 2. The minimum atomic E-state index is -4.68. The van der Waals surface area contributed by atoms with Crippen molar-refractivity contribution in [1.82, 2.24) is 10.2 Å². The molecule has 1 N–H and O–H groups in total. The number of thiocarbonyl (C=S) groups is 1. The second-order valence-corrected chi connectivity index (χ2v) is 8.89. The Morgan fingerprint density at radius 3 is 2.39 bits per heavy atom. The van der Waals surface area contributed by atoms with Crippen LogP contribution < -0.4 is 15.1 Å². The highest BCUT2D eigenvalue weighted by molar-refractivity contribution is 7.80. The number of rotatable bonds is 4. The highest BCUT2D eigenvalue weighted by Crippen LogP contribution is 2.34. The van der Waals surface area contributed by atoms with Crippen LogP contribution in [0.1, 0.15) is 18.1 Å². The average molecular weight is 548 g/mol. The molecule has 10 nitrogen and oxygen atoms in total. The van der Waals surface area contributed by atoms with Gasteiger partial charge in [0.05, 0.1) is 16.2 Å². The van der Waals surface area contributed by atoms with Crippen molar-refractivity contribution in [2.75, 3.05) is 36.0 Å². The van der Waals surface area contributed by atoms with Gasteiger partial charge in [-0.05, 0) is 42.6 Å². The molecule has 0 aromatic heterocycles. The number of halogens is 3. The minimum Gasteiger partial charge on any atom is -0.367 e. The monoisotopic (exact) mass is 547 g/mol. The van der Waals surface area contributed by atoms with E-state index in [2.05, 4.69) is 5.32 Å². The minimum absolute atomic E-state index is 0.0918. The fourth-order valence-electron chi connectivity index (χ4n) is 4.19. The first-order valence-electron chi connectivity index (χ1n) is 11.2. The van der Waals surface area contributed by atoms with E-state index in [4.69, 9.17) is 12.2 Å². The lowest BCUT2D eigenvalue weighted by Gasteiger charge is -2.36. The molecule has 198 valence electrons. The van der Waals surface area contributed by atoms with Crippen molar-refractivity contribution >= 4 is 58.2 Å². The molecule has 0 unspecified atom stereocenters. The summed E-state index contributed by atoms with van der Waals surface area (Å²) in [6.45, 7) is 3.05. The molecule has 0 radical (unpaired) electrons. The number of hydrogen-bond acceptors (Lipinski definition) is 7. The summed E-state index contributed by atoms with van der Waals surface area (Å²) in [7, 11) is 0. The number of non-ortho nitro benzene ring substituents is 1. The second kappa shape index (κ2) is 10.2. The summed E-state index contributed by atoms with van der Waals surface area (Å²) in [4.78, 5) is 52.9. The van der Waals surface area contributed by atoms with Crippen LogP contribution in [-0.4, -0.2) is 58.8 Å². The number of hydrogen-bond donors (Lipinski definition) is 1. The van der Waals surface area contributed by atoms with E-state index in [0.29, 0.717) is 31.9 Å². The van der Waals surface area contributed by atoms with Gasteiger partial charge in [0.15, 0.2) is 5.11 Å². The number of nitro groups is 1. The summed E-state index contributed by atoms with van der Waals surface area (Å²) < 4.78 is 39.7. The van der Waals surface area contributed by atoms with E-state index in [1.165, 1.54) is 31.2 Å². The zero-order valence-electron chi connectivity index (χ0n) is 19.8. The van der Waals surface area contributed by atoms with Gasteiger partial charge in [0.25, 0.3) is 17.5 Å². The van der Waals surface area contributed by atoms with Crippen LogP contribution in [-0.2, 0) is 20.6 Å². The number of alkyl halides is 3. The van der Waals surface area contributed by atoms with Gasteiger partial charge in [-0.2, -0.15) is 13.2 Å². The first-order valence-corrected chi connectivity index (χ1v) is 11.7. The molecule has 0 aliphatic carbocycles. The van der Waals surface area contributed by atoms with E-state index < -0.39 is 39.2 Å². The maximum Gasteiger partial charge on any atom is 0.416 e. The topological polar surface area (TPSA) is 116 Å². The van der Waals surface area contributed by atoms with Gasteiger partial charge in [0, 0.05) is 56.5 Å². The van der Waals surface area contributed by atoms with E-state index in [1.807, 2.05) is 4.90 Å². The standard InChI is InChI=1S/C24H20F3N5O5S/c1-14(33)29-7-9-30(10-8-29)20-6-5-18(32(36)37)11-15(20)12-19-21(34)28-23(38)31(22(19)35)17-4-2-3-16(13-17)24(25,26)27/h2-6,11-13H,7-10H2,1H3,(H,28,34,38)/b19-12-. The number of nitro benzene ring substituents is 1. The van der Waals surface area contributed by atoms with Gasteiger partial charge >= 0.3 is 6.18 Å². The number of carbonyl (C=O) groups excluding carboxylic acids is 3. The van der Waals surface area contributed by atoms with E-state index in [0.717, 1.165) is 29.2 Å². The smallest absolute Gasteiger partial charge is 0.367 e. The predicted molar refractivity (Wildman–Crippen MR) is 135 cm³/mol. The number of amides is 3. The Morgan fingerprint density at radius 2 is 1.79 bits per heavy atom. The Morgan fingerprint density at radius 1 is 1.11 bits per heavy atom. The Hall–Kier alpha value is -4.33. The van der Waals surface area contributed by atoms with Gasteiger partial charge in [-0.1, -0.05) is 6.07 Å². The Bertz CT molecular complexity index is 1390. The van der Waals surface area contributed by atoms with Gasteiger partial charge in [-0.15, -0.1) is 0 Å². The van der Waals surface area contributed by atoms with Crippen LogP contribution >= 0.6 is 12.2 Å². The van der Waals surface area contributed by atoms with Gasteiger partial charge in [-0.25, -0.2) is 0 Å². The molecule has 2 aliphatic heterocycles. The summed E-state index contributed by atoms with van der Waals surface area (Å²) >= 11 is 5.07. The molecule has 2 fully saturated rings. The molecule has 3 amide bonds. The van der Waals surface area contributed by atoms with Crippen molar-refractivity contribution in [3.05, 3.63) is 69.3 Å². The lowest BCUT2D eigenvalue weighted by atomic mass is 10.0. The quantitative estimate of drug-likeness (QED) is 0.206.